The standard InChI is InChI=1S/C21H21F5N10O/c1-10(37)34-6-5-14(21(25,26)9-34)29-20-30-18(27-2)17-16(11(22)7-35(17)32-20)12-3-4-13-19(28-12)36(33-31-13)8-15(23)24/h3-4,7,14-15H,5-6,8-9H2,1-2H3,(H2,27,29,30,32)/t14-/m1/s1. The van der Waals surface area contributed by atoms with E-state index in [4.69, 9.17) is 0 Å². The van der Waals surface area contributed by atoms with Gasteiger partial charge in [0.25, 0.3) is 12.3 Å². The molecule has 0 saturated carbocycles. The number of amides is 1. The van der Waals surface area contributed by atoms with Crippen LogP contribution in [0.5, 0.6) is 0 Å². The second-order valence-corrected chi connectivity index (χ2v) is 8.57. The first kappa shape index (κ1) is 24.6. The minimum Gasteiger partial charge on any atom is -0.371 e. The lowest BCUT2D eigenvalue weighted by Crippen LogP contribution is -2.55. The van der Waals surface area contributed by atoms with Gasteiger partial charge in [-0.25, -0.2) is 36.1 Å². The van der Waals surface area contributed by atoms with Crippen molar-refractivity contribution in [3.63, 3.8) is 0 Å². The summed E-state index contributed by atoms with van der Waals surface area (Å²) in [4.78, 5) is 21.1. The second kappa shape index (κ2) is 9.08. The van der Waals surface area contributed by atoms with Gasteiger partial charge in [0.2, 0.25) is 11.9 Å². The van der Waals surface area contributed by atoms with Gasteiger partial charge in [-0.05, 0) is 18.6 Å². The number of aromatic nitrogens is 7. The molecule has 0 bridgehead atoms. The average molecular weight is 524 g/mol. The first-order chi connectivity index (χ1) is 17.6. The molecule has 1 amide bonds. The molecule has 1 aliphatic heterocycles. The quantitative estimate of drug-likeness (QED) is 0.370. The minimum atomic E-state index is -3.25. The first-order valence-electron chi connectivity index (χ1n) is 11.2. The summed E-state index contributed by atoms with van der Waals surface area (Å²) in [6.45, 7) is -0.110. The van der Waals surface area contributed by atoms with Crippen LogP contribution in [-0.4, -0.2) is 83.9 Å². The van der Waals surface area contributed by atoms with Gasteiger partial charge in [-0.1, -0.05) is 5.21 Å². The number of fused-ring (bicyclic) bond motifs is 2. The smallest absolute Gasteiger partial charge is 0.285 e. The summed E-state index contributed by atoms with van der Waals surface area (Å²) < 4.78 is 72.5. The van der Waals surface area contributed by atoms with Crippen LogP contribution in [-0.2, 0) is 11.3 Å². The van der Waals surface area contributed by atoms with Crippen molar-refractivity contribution >= 4 is 34.4 Å². The molecule has 0 aromatic carbocycles. The van der Waals surface area contributed by atoms with Gasteiger partial charge >= 0.3 is 0 Å². The molecule has 5 rings (SSSR count). The Balaban J connectivity index is 1.52. The van der Waals surface area contributed by atoms with Crippen molar-refractivity contribution in [2.75, 3.05) is 30.8 Å². The van der Waals surface area contributed by atoms with Crippen LogP contribution in [0.2, 0.25) is 0 Å². The fraction of sp³-hybridized carbons (Fsp3) is 0.429. The van der Waals surface area contributed by atoms with Gasteiger partial charge in [-0.15, -0.1) is 10.2 Å². The summed E-state index contributed by atoms with van der Waals surface area (Å²) in [5, 5.41) is 17.0. The van der Waals surface area contributed by atoms with Gasteiger partial charge in [0.1, 0.15) is 17.6 Å². The van der Waals surface area contributed by atoms with Crippen LogP contribution in [0.25, 0.3) is 27.9 Å². The van der Waals surface area contributed by atoms with Crippen molar-refractivity contribution in [1.82, 2.24) is 39.5 Å². The average Bonchev–Trinajstić information content (AvgIpc) is 3.38. The number of hydrogen-bond acceptors (Lipinski definition) is 8. The lowest BCUT2D eigenvalue weighted by Gasteiger charge is -2.38. The lowest BCUT2D eigenvalue weighted by molar-refractivity contribution is -0.140. The van der Waals surface area contributed by atoms with E-state index in [1.165, 1.54) is 26.1 Å². The molecule has 11 nitrogen and oxygen atoms in total. The van der Waals surface area contributed by atoms with E-state index in [1.807, 2.05) is 0 Å². The fourth-order valence-corrected chi connectivity index (χ4v) is 4.32. The maximum absolute atomic E-state index is 15.2. The number of pyridine rings is 1. The van der Waals surface area contributed by atoms with Gasteiger partial charge < -0.3 is 15.5 Å². The number of halogens is 5. The maximum Gasteiger partial charge on any atom is 0.285 e. The summed E-state index contributed by atoms with van der Waals surface area (Å²) in [5.74, 6) is -4.50. The number of alkyl halides is 4. The summed E-state index contributed by atoms with van der Waals surface area (Å²) in [5.41, 5.74) is 0.517. The molecule has 1 saturated heterocycles. The molecular formula is C21H21F5N10O. The third-order valence-electron chi connectivity index (χ3n) is 6.10. The zero-order valence-electron chi connectivity index (χ0n) is 19.6. The number of rotatable bonds is 6. The first-order valence-corrected chi connectivity index (χ1v) is 11.2. The number of carbonyl (C=O) groups is 1. The topological polar surface area (TPSA) is 118 Å². The van der Waals surface area contributed by atoms with Crippen molar-refractivity contribution in [2.45, 2.75) is 38.3 Å². The van der Waals surface area contributed by atoms with E-state index in [-0.39, 0.29) is 52.7 Å². The molecule has 0 aliphatic carbocycles. The molecule has 0 radical (unpaired) electrons. The van der Waals surface area contributed by atoms with Crippen LogP contribution in [0.4, 0.5) is 33.7 Å². The SMILES string of the molecule is CNc1nc(N[C@@H]2CCN(C(C)=O)CC2(F)F)nn2cc(F)c(-c3ccc4nnn(CC(F)F)c4n3)c12. The molecule has 1 fully saturated rings. The Morgan fingerprint density at radius 3 is 2.73 bits per heavy atom. The van der Waals surface area contributed by atoms with Crippen molar-refractivity contribution in [1.29, 1.82) is 0 Å². The number of nitrogens with zero attached hydrogens (tertiary/aromatic N) is 8. The van der Waals surface area contributed by atoms with E-state index < -0.39 is 43.2 Å². The van der Waals surface area contributed by atoms with Crippen molar-refractivity contribution in [3.8, 4) is 11.3 Å². The highest BCUT2D eigenvalue weighted by Crippen LogP contribution is 2.34. The van der Waals surface area contributed by atoms with Crippen molar-refractivity contribution in [2.24, 2.45) is 0 Å². The summed E-state index contributed by atoms with van der Waals surface area (Å²) >= 11 is 0. The Hall–Kier alpha value is -4.11. The Morgan fingerprint density at radius 2 is 2.05 bits per heavy atom. The monoisotopic (exact) mass is 524 g/mol. The van der Waals surface area contributed by atoms with E-state index in [1.54, 1.807) is 0 Å². The molecule has 1 aliphatic rings. The van der Waals surface area contributed by atoms with Crippen LogP contribution < -0.4 is 10.6 Å². The Bertz CT molecular complexity index is 1490. The zero-order valence-corrected chi connectivity index (χ0v) is 19.6. The number of piperidine rings is 1. The van der Waals surface area contributed by atoms with Crippen LogP contribution in [0.3, 0.4) is 0 Å². The van der Waals surface area contributed by atoms with Crippen LogP contribution in [0.15, 0.2) is 18.3 Å². The lowest BCUT2D eigenvalue weighted by atomic mass is 10.0. The molecule has 4 aromatic heterocycles. The molecule has 5 heterocycles. The number of likely N-dealkylation sites (tertiary alicyclic amines) is 1. The Morgan fingerprint density at radius 1 is 1.27 bits per heavy atom. The number of carbonyl (C=O) groups excluding carboxylic acids is 1. The highest BCUT2D eigenvalue weighted by atomic mass is 19.3. The van der Waals surface area contributed by atoms with Gasteiger partial charge in [0.05, 0.1) is 30.0 Å². The normalized spacial score (nSPS) is 17.6. The van der Waals surface area contributed by atoms with Gasteiger partial charge in [0, 0.05) is 20.5 Å². The molecule has 0 spiro atoms. The molecular weight excluding hydrogens is 503 g/mol. The highest BCUT2D eigenvalue weighted by molar-refractivity contribution is 5.89. The van der Waals surface area contributed by atoms with E-state index in [0.29, 0.717) is 0 Å². The minimum absolute atomic E-state index is 0.0253. The van der Waals surface area contributed by atoms with Crippen LogP contribution in [0.1, 0.15) is 13.3 Å². The molecule has 0 unspecified atom stereocenters. The summed E-state index contributed by atoms with van der Waals surface area (Å²) in [6.07, 6.45) is -1.70. The number of nitrogens with one attached hydrogen (secondary N) is 2. The Kier molecular flexibility index (Phi) is 6.03. The number of anilines is 2. The Labute approximate surface area is 205 Å². The van der Waals surface area contributed by atoms with E-state index >= 15 is 4.39 Å². The highest BCUT2D eigenvalue weighted by Gasteiger charge is 2.45. The maximum atomic E-state index is 15.2. The van der Waals surface area contributed by atoms with Crippen LogP contribution in [0, 0.1) is 5.82 Å². The molecule has 37 heavy (non-hydrogen) atoms. The van der Waals surface area contributed by atoms with Crippen LogP contribution >= 0.6 is 0 Å². The molecule has 1 atom stereocenters. The molecule has 16 heteroatoms. The predicted molar refractivity (Wildman–Crippen MR) is 122 cm³/mol. The zero-order chi connectivity index (χ0) is 26.5. The van der Waals surface area contributed by atoms with Crippen molar-refractivity contribution in [3.05, 3.63) is 24.1 Å². The van der Waals surface area contributed by atoms with Crippen molar-refractivity contribution < 1.29 is 26.7 Å². The van der Waals surface area contributed by atoms with E-state index in [0.717, 1.165) is 20.3 Å². The largest absolute Gasteiger partial charge is 0.371 e. The fourth-order valence-electron chi connectivity index (χ4n) is 4.32. The molecule has 196 valence electrons. The number of hydrogen-bond donors (Lipinski definition) is 2. The van der Waals surface area contributed by atoms with E-state index in [9.17, 15) is 22.4 Å². The third-order valence-corrected chi connectivity index (χ3v) is 6.10. The van der Waals surface area contributed by atoms with E-state index in [2.05, 4.69) is 36.0 Å². The molecule has 2 N–H and O–H groups in total. The van der Waals surface area contributed by atoms with Gasteiger partial charge in [0.15, 0.2) is 17.3 Å². The third kappa shape index (κ3) is 4.46. The van der Waals surface area contributed by atoms with Gasteiger partial charge in [-0.2, -0.15) is 4.98 Å². The summed E-state index contributed by atoms with van der Waals surface area (Å²) in [6, 6.07) is 1.58. The summed E-state index contributed by atoms with van der Waals surface area (Å²) in [7, 11) is 1.51. The molecule has 4 aromatic rings. The second-order valence-electron chi connectivity index (χ2n) is 8.57. The predicted octanol–water partition coefficient (Wildman–Crippen LogP) is 2.65. The van der Waals surface area contributed by atoms with Gasteiger partial charge in [-0.3, -0.25) is 4.79 Å².